The molecule has 1 aliphatic carbocycles. The molecular weight excluding hydrogens is 638 g/mol. The van der Waals surface area contributed by atoms with Gasteiger partial charge in [0.2, 0.25) is 17.6 Å². The quantitative estimate of drug-likeness (QED) is 0.116. The molecule has 1 aliphatic heterocycles. The molecule has 0 aromatic heterocycles. The van der Waals surface area contributed by atoms with Gasteiger partial charge in [0.25, 0.3) is 5.91 Å². The van der Waals surface area contributed by atoms with Crippen LogP contribution in [0.3, 0.4) is 0 Å². The monoisotopic (exact) mass is 693 g/mol. The number of hydrogen-bond acceptors (Lipinski definition) is 7. The maximum Gasteiger partial charge on any atom is 0.329 e. The van der Waals surface area contributed by atoms with Gasteiger partial charge in [0.1, 0.15) is 24.7 Å². The zero-order chi connectivity index (χ0) is 36.8. The van der Waals surface area contributed by atoms with E-state index in [-0.39, 0.29) is 44.4 Å². The third kappa shape index (κ3) is 11.3. The van der Waals surface area contributed by atoms with Crippen LogP contribution >= 0.6 is 0 Å². The number of carbonyl (C=O) groups excluding carboxylic acids is 6. The van der Waals surface area contributed by atoms with E-state index in [1.165, 1.54) is 11.0 Å². The molecule has 1 saturated heterocycles. The van der Waals surface area contributed by atoms with Gasteiger partial charge in [-0.05, 0) is 48.5 Å². The van der Waals surface area contributed by atoms with E-state index >= 15 is 0 Å². The second-order valence-electron chi connectivity index (χ2n) is 14.3. The molecule has 1 aromatic rings. The van der Waals surface area contributed by atoms with Gasteiger partial charge in [-0.1, -0.05) is 95.9 Å². The van der Waals surface area contributed by atoms with Gasteiger partial charge in [-0.2, -0.15) is 0 Å². The molecule has 5 atom stereocenters. The van der Waals surface area contributed by atoms with Crippen LogP contribution in [-0.4, -0.2) is 77.7 Å². The molecule has 274 valence electrons. The second-order valence-corrected chi connectivity index (χ2v) is 14.3. The Hall–Kier alpha value is -4.48. The van der Waals surface area contributed by atoms with Gasteiger partial charge in [-0.15, -0.1) is 13.2 Å². The molecule has 4 N–H and O–H groups in total. The summed E-state index contributed by atoms with van der Waals surface area (Å²) in [4.78, 5) is 81.8. The summed E-state index contributed by atoms with van der Waals surface area (Å²) in [6.07, 6.45) is 8.60. The summed E-state index contributed by atoms with van der Waals surface area (Å²) in [5, 5.41) is 10.8. The number of nitrogens with one attached hydrogen (secondary N) is 4. The molecule has 12 nitrogen and oxygen atoms in total. The normalized spacial score (nSPS) is 19.6. The van der Waals surface area contributed by atoms with Crippen LogP contribution in [0.5, 0.6) is 0 Å². The molecule has 0 bridgehead atoms. The van der Waals surface area contributed by atoms with Crippen LogP contribution in [0.4, 0.5) is 4.79 Å². The minimum Gasteiger partial charge on any atom is -0.459 e. The molecule has 2 aliphatic rings. The van der Waals surface area contributed by atoms with Crippen molar-refractivity contribution in [2.45, 2.75) is 110 Å². The van der Waals surface area contributed by atoms with Crippen molar-refractivity contribution in [1.29, 1.82) is 0 Å². The predicted octanol–water partition coefficient (Wildman–Crippen LogP) is 3.95. The van der Waals surface area contributed by atoms with Crippen LogP contribution < -0.4 is 21.3 Å². The zero-order valence-corrected chi connectivity index (χ0v) is 30.0. The molecule has 1 heterocycles. The first-order valence-corrected chi connectivity index (χ1v) is 17.7. The smallest absolute Gasteiger partial charge is 0.329 e. The minimum absolute atomic E-state index is 0.0718. The highest BCUT2D eigenvalue weighted by molar-refractivity contribution is 6.38. The van der Waals surface area contributed by atoms with Crippen molar-refractivity contribution in [2.75, 3.05) is 13.1 Å². The lowest BCUT2D eigenvalue weighted by Gasteiger charge is -2.36. The first-order valence-electron chi connectivity index (χ1n) is 17.7. The van der Waals surface area contributed by atoms with E-state index in [1.807, 2.05) is 37.3 Å². The standard InChI is InChI=1S/C38H55N5O7/c1-7-16-28(31(44)34(46)39-21-8-2)40-33(45)29-22-25(9-3)23-43(29)35(47)32(38(4,5)6)42-37(49)41-30(27-19-14-11-15-20-27)36(48)50-24-26-17-12-10-13-18-26/h8-10,12-13,17-18,25,27-30,32H,2-3,7,11,14-16,19-24H2,1,4-6H3,(H,39,46)(H,40,45)(H2,41,42,49)/t25-,28?,29+,30+,32-/m1/s1. The third-order valence-corrected chi connectivity index (χ3v) is 9.37. The number of urea groups is 1. The van der Waals surface area contributed by atoms with Crippen LogP contribution in [0, 0.1) is 17.3 Å². The van der Waals surface area contributed by atoms with E-state index in [2.05, 4.69) is 34.4 Å². The van der Waals surface area contributed by atoms with Crippen LogP contribution in [0.1, 0.15) is 84.6 Å². The summed E-state index contributed by atoms with van der Waals surface area (Å²) >= 11 is 0. The lowest BCUT2D eigenvalue weighted by Crippen LogP contribution is -2.61. The van der Waals surface area contributed by atoms with Gasteiger partial charge in [-0.25, -0.2) is 9.59 Å². The van der Waals surface area contributed by atoms with Gasteiger partial charge in [0.05, 0.1) is 6.04 Å². The molecular formula is C38H55N5O7. The average Bonchev–Trinajstić information content (AvgIpc) is 3.55. The highest BCUT2D eigenvalue weighted by Crippen LogP contribution is 2.30. The van der Waals surface area contributed by atoms with Gasteiger partial charge in [0, 0.05) is 13.1 Å². The Balaban J connectivity index is 1.78. The highest BCUT2D eigenvalue weighted by atomic mass is 16.5. The summed E-state index contributed by atoms with van der Waals surface area (Å²) in [6, 6.07) is 4.59. The van der Waals surface area contributed by atoms with Crippen molar-refractivity contribution in [1.82, 2.24) is 26.2 Å². The number of ether oxygens (including phenoxy) is 1. The Bertz CT molecular complexity index is 1370. The fourth-order valence-corrected chi connectivity index (χ4v) is 6.55. The zero-order valence-electron chi connectivity index (χ0n) is 30.0. The molecule has 3 rings (SSSR count). The SMILES string of the molecule is C=CCNC(=O)C(=O)C(CCC)NC(=O)[C@@H]1C[C@@H](C=C)CN1C(=O)[C@@H](NC(=O)N[C@H](C(=O)OCc1ccccc1)C1CCCCC1)C(C)(C)C. The molecule has 1 unspecified atom stereocenters. The summed E-state index contributed by atoms with van der Waals surface area (Å²) in [5.74, 6) is -3.52. The van der Waals surface area contributed by atoms with Crippen molar-refractivity contribution in [3.63, 3.8) is 0 Å². The Kier molecular flexibility index (Phi) is 15.2. The number of esters is 1. The van der Waals surface area contributed by atoms with Crippen molar-refractivity contribution in [3.05, 3.63) is 61.2 Å². The lowest BCUT2D eigenvalue weighted by molar-refractivity contribution is -0.149. The molecule has 0 spiro atoms. The number of Topliss-reactive ketones (excluding diaryl/α,β-unsaturated/α-hetero) is 1. The highest BCUT2D eigenvalue weighted by Gasteiger charge is 2.45. The van der Waals surface area contributed by atoms with Crippen molar-refractivity contribution >= 4 is 35.5 Å². The Morgan fingerprint density at radius 3 is 2.26 bits per heavy atom. The number of rotatable bonds is 16. The van der Waals surface area contributed by atoms with Crippen LogP contribution in [0.25, 0.3) is 0 Å². The Labute approximate surface area is 296 Å². The summed E-state index contributed by atoms with van der Waals surface area (Å²) < 4.78 is 5.65. The van der Waals surface area contributed by atoms with Gasteiger partial charge < -0.3 is 30.9 Å². The maximum atomic E-state index is 14.3. The van der Waals surface area contributed by atoms with E-state index in [0.717, 1.165) is 37.7 Å². The number of ketones is 1. The van der Waals surface area contributed by atoms with E-state index in [1.54, 1.807) is 26.8 Å². The lowest BCUT2D eigenvalue weighted by atomic mass is 9.83. The second kappa shape index (κ2) is 19.1. The van der Waals surface area contributed by atoms with Crippen LogP contribution in [0.2, 0.25) is 0 Å². The number of nitrogens with zero attached hydrogens (tertiary/aromatic N) is 1. The molecule has 1 aromatic carbocycles. The van der Waals surface area contributed by atoms with Crippen molar-refractivity contribution < 1.29 is 33.5 Å². The number of amides is 5. The molecule has 2 fully saturated rings. The fraction of sp³-hybridized carbons (Fsp3) is 0.579. The van der Waals surface area contributed by atoms with Gasteiger partial charge in [0.15, 0.2) is 0 Å². The van der Waals surface area contributed by atoms with E-state index < -0.39 is 65.1 Å². The number of hydrogen-bond donors (Lipinski definition) is 4. The van der Waals surface area contributed by atoms with E-state index in [9.17, 15) is 28.8 Å². The van der Waals surface area contributed by atoms with Gasteiger partial charge >= 0.3 is 12.0 Å². The summed E-state index contributed by atoms with van der Waals surface area (Å²) in [5.41, 5.74) is 0.0364. The molecule has 1 saturated carbocycles. The van der Waals surface area contributed by atoms with Crippen molar-refractivity contribution in [3.8, 4) is 0 Å². The Morgan fingerprint density at radius 2 is 1.66 bits per heavy atom. The van der Waals surface area contributed by atoms with Crippen LogP contribution in [0.15, 0.2) is 55.6 Å². The predicted molar refractivity (Wildman–Crippen MR) is 190 cm³/mol. The number of benzene rings is 1. The first-order chi connectivity index (χ1) is 23.8. The van der Waals surface area contributed by atoms with E-state index in [4.69, 9.17) is 4.74 Å². The van der Waals surface area contributed by atoms with E-state index in [0.29, 0.717) is 6.42 Å². The number of carbonyl (C=O) groups is 6. The molecule has 5 amide bonds. The largest absolute Gasteiger partial charge is 0.459 e. The fourth-order valence-electron chi connectivity index (χ4n) is 6.55. The molecule has 12 heteroatoms. The topological polar surface area (TPSA) is 163 Å². The summed E-state index contributed by atoms with van der Waals surface area (Å²) in [6.45, 7) is 15.0. The average molecular weight is 694 g/mol. The third-order valence-electron chi connectivity index (χ3n) is 9.37. The van der Waals surface area contributed by atoms with Crippen LogP contribution in [-0.2, 0) is 35.3 Å². The summed E-state index contributed by atoms with van der Waals surface area (Å²) in [7, 11) is 0. The van der Waals surface area contributed by atoms with Gasteiger partial charge in [-0.3, -0.25) is 19.2 Å². The molecule has 0 radical (unpaired) electrons. The minimum atomic E-state index is -1.08. The molecule has 50 heavy (non-hydrogen) atoms. The number of likely N-dealkylation sites (tertiary alicyclic amines) is 1. The first kappa shape index (κ1) is 40.0. The van der Waals surface area contributed by atoms with Crippen molar-refractivity contribution in [2.24, 2.45) is 17.3 Å². The maximum absolute atomic E-state index is 14.3. The Morgan fingerprint density at radius 1 is 0.980 bits per heavy atom.